The minimum absolute atomic E-state index is 0.248. The van der Waals surface area contributed by atoms with Gasteiger partial charge in [-0.3, -0.25) is 20.4 Å². The number of nitrogens with zero attached hydrogens (tertiary/aromatic N) is 1. The van der Waals surface area contributed by atoms with Crippen molar-refractivity contribution in [2.24, 2.45) is 0 Å². The third kappa shape index (κ3) is 5.95. The number of nitrogens with one attached hydrogen (secondary N) is 2. The summed E-state index contributed by atoms with van der Waals surface area (Å²) in [6.45, 7) is 1.89. The van der Waals surface area contributed by atoms with E-state index in [0.29, 0.717) is 16.9 Å². The second kappa shape index (κ2) is 9.84. The van der Waals surface area contributed by atoms with E-state index in [0.717, 1.165) is 19.3 Å². The maximum Gasteiger partial charge on any atom is 0.276 e. The number of carbonyl (C=O) groups is 2. The van der Waals surface area contributed by atoms with Gasteiger partial charge in [0.2, 0.25) is 0 Å². The van der Waals surface area contributed by atoms with Crippen molar-refractivity contribution in [3.8, 4) is 11.8 Å². The SMILES string of the molecule is CCCCc1ccc(C(=O)NNC(=O)COc2ccc(C#N)cc2)cc1. The molecule has 2 N–H and O–H groups in total. The van der Waals surface area contributed by atoms with E-state index in [4.69, 9.17) is 10.00 Å². The number of amides is 2. The largest absolute Gasteiger partial charge is 0.484 e. The summed E-state index contributed by atoms with van der Waals surface area (Å²) in [6.07, 6.45) is 3.22. The molecular formula is C20H21N3O3. The zero-order valence-corrected chi connectivity index (χ0v) is 14.6. The van der Waals surface area contributed by atoms with E-state index in [1.54, 1.807) is 36.4 Å². The summed E-state index contributed by atoms with van der Waals surface area (Å²) >= 11 is 0. The number of nitriles is 1. The van der Waals surface area contributed by atoms with Gasteiger partial charge in [0.05, 0.1) is 11.6 Å². The maximum absolute atomic E-state index is 12.0. The van der Waals surface area contributed by atoms with Crippen LogP contribution in [0.5, 0.6) is 5.75 Å². The van der Waals surface area contributed by atoms with E-state index in [1.165, 1.54) is 5.56 Å². The highest BCUT2D eigenvalue weighted by Crippen LogP contribution is 2.11. The molecule has 0 radical (unpaired) electrons. The summed E-state index contributed by atoms with van der Waals surface area (Å²) < 4.78 is 5.29. The fraction of sp³-hybridized carbons (Fsp3) is 0.250. The second-order valence-electron chi connectivity index (χ2n) is 5.73. The van der Waals surface area contributed by atoms with Gasteiger partial charge in [-0.05, 0) is 54.8 Å². The molecule has 6 heteroatoms. The molecule has 6 nitrogen and oxygen atoms in total. The number of hydrazine groups is 1. The molecule has 2 aromatic rings. The van der Waals surface area contributed by atoms with Crippen molar-refractivity contribution >= 4 is 11.8 Å². The first-order chi connectivity index (χ1) is 12.6. The molecule has 0 atom stereocenters. The number of hydrogen-bond acceptors (Lipinski definition) is 4. The zero-order chi connectivity index (χ0) is 18.8. The fourth-order valence-corrected chi connectivity index (χ4v) is 2.21. The smallest absolute Gasteiger partial charge is 0.276 e. The van der Waals surface area contributed by atoms with Gasteiger partial charge < -0.3 is 4.74 Å². The van der Waals surface area contributed by atoms with E-state index in [9.17, 15) is 9.59 Å². The van der Waals surface area contributed by atoms with E-state index in [-0.39, 0.29) is 6.61 Å². The van der Waals surface area contributed by atoms with Crippen molar-refractivity contribution in [2.45, 2.75) is 26.2 Å². The van der Waals surface area contributed by atoms with Crippen LogP contribution in [0.1, 0.15) is 41.3 Å². The minimum atomic E-state index is -0.484. The molecule has 0 aliphatic heterocycles. The highest BCUT2D eigenvalue weighted by molar-refractivity contribution is 5.95. The summed E-state index contributed by atoms with van der Waals surface area (Å²) in [5.74, 6) is -0.408. The van der Waals surface area contributed by atoms with Crippen molar-refractivity contribution in [3.63, 3.8) is 0 Å². The summed E-state index contributed by atoms with van der Waals surface area (Å²) in [5, 5.41) is 8.72. The van der Waals surface area contributed by atoms with Crippen molar-refractivity contribution in [1.29, 1.82) is 5.26 Å². The van der Waals surface area contributed by atoms with Crippen LogP contribution in [0.2, 0.25) is 0 Å². The van der Waals surface area contributed by atoms with Crippen LogP contribution >= 0.6 is 0 Å². The first-order valence-corrected chi connectivity index (χ1v) is 8.43. The van der Waals surface area contributed by atoms with E-state index >= 15 is 0 Å². The lowest BCUT2D eigenvalue weighted by Gasteiger charge is -2.09. The molecule has 0 aliphatic carbocycles. The Kier molecular flexibility index (Phi) is 7.19. The van der Waals surface area contributed by atoms with Crippen molar-refractivity contribution in [2.75, 3.05) is 6.61 Å². The Morgan fingerprint density at radius 3 is 2.35 bits per heavy atom. The lowest BCUT2D eigenvalue weighted by Crippen LogP contribution is -2.43. The van der Waals surface area contributed by atoms with Gasteiger partial charge in [-0.25, -0.2) is 0 Å². The van der Waals surface area contributed by atoms with Gasteiger partial charge >= 0.3 is 0 Å². The highest BCUT2D eigenvalue weighted by Gasteiger charge is 2.08. The van der Waals surface area contributed by atoms with Gasteiger partial charge in [-0.15, -0.1) is 0 Å². The topological polar surface area (TPSA) is 91.2 Å². The lowest BCUT2D eigenvalue weighted by atomic mass is 10.1. The summed E-state index contributed by atoms with van der Waals surface area (Å²) in [6, 6.07) is 15.7. The number of benzene rings is 2. The van der Waals surface area contributed by atoms with E-state index < -0.39 is 11.8 Å². The predicted octanol–water partition coefficient (Wildman–Crippen LogP) is 2.74. The Morgan fingerprint density at radius 2 is 1.73 bits per heavy atom. The number of ether oxygens (including phenoxy) is 1. The summed E-state index contributed by atoms with van der Waals surface area (Å²) in [7, 11) is 0. The minimum Gasteiger partial charge on any atom is -0.484 e. The molecule has 0 aromatic heterocycles. The van der Waals surface area contributed by atoms with E-state index in [1.807, 2.05) is 18.2 Å². The molecule has 2 amide bonds. The predicted molar refractivity (Wildman–Crippen MR) is 97.3 cm³/mol. The number of rotatable bonds is 7. The first-order valence-electron chi connectivity index (χ1n) is 8.43. The highest BCUT2D eigenvalue weighted by atomic mass is 16.5. The Morgan fingerprint density at radius 1 is 1.04 bits per heavy atom. The molecule has 0 saturated carbocycles. The maximum atomic E-state index is 12.0. The number of carbonyl (C=O) groups excluding carboxylic acids is 2. The van der Waals surface area contributed by atoms with E-state index in [2.05, 4.69) is 17.8 Å². The number of unbranched alkanes of at least 4 members (excludes halogenated alkanes) is 1. The molecule has 26 heavy (non-hydrogen) atoms. The van der Waals surface area contributed by atoms with Crippen LogP contribution in [0.3, 0.4) is 0 Å². The number of hydrogen-bond donors (Lipinski definition) is 2. The summed E-state index contributed by atoms with van der Waals surface area (Å²) in [4.78, 5) is 23.8. The first kappa shape index (κ1) is 19.0. The molecule has 134 valence electrons. The number of aryl methyl sites for hydroxylation is 1. The van der Waals surface area contributed by atoms with Gasteiger partial charge in [-0.1, -0.05) is 25.5 Å². The van der Waals surface area contributed by atoms with Gasteiger partial charge in [-0.2, -0.15) is 5.26 Å². The van der Waals surface area contributed by atoms with Crippen LogP contribution in [-0.2, 0) is 11.2 Å². The van der Waals surface area contributed by atoms with Crippen LogP contribution in [-0.4, -0.2) is 18.4 Å². The van der Waals surface area contributed by atoms with Crippen LogP contribution in [0.4, 0.5) is 0 Å². The van der Waals surface area contributed by atoms with Crippen molar-refractivity contribution < 1.29 is 14.3 Å². The Bertz CT molecular complexity index is 777. The Hall–Kier alpha value is -3.33. The molecule has 0 aliphatic rings. The lowest BCUT2D eigenvalue weighted by molar-refractivity contribution is -0.123. The zero-order valence-electron chi connectivity index (χ0n) is 14.6. The standard InChI is InChI=1S/C20H21N3O3/c1-2-3-4-15-5-9-17(10-6-15)20(25)23-22-19(24)14-26-18-11-7-16(13-21)8-12-18/h5-12H,2-4,14H2,1H3,(H,22,24)(H,23,25). The second-order valence-corrected chi connectivity index (χ2v) is 5.73. The molecule has 0 fully saturated rings. The van der Waals surface area contributed by atoms with Crippen LogP contribution in [0.25, 0.3) is 0 Å². The Balaban J connectivity index is 1.75. The van der Waals surface area contributed by atoms with Crippen LogP contribution < -0.4 is 15.6 Å². The molecule has 0 bridgehead atoms. The molecular weight excluding hydrogens is 330 g/mol. The Labute approximate surface area is 152 Å². The van der Waals surface area contributed by atoms with Gasteiger partial charge in [0.25, 0.3) is 11.8 Å². The average molecular weight is 351 g/mol. The third-order valence-electron chi connectivity index (χ3n) is 3.70. The van der Waals surface area contributed by atoms with Crippen molar-refractivity contribution in [1.82, 2.24) is 10.9 Å². The van der Waals surface area contributed by atoms with Gasteiger partial charge in [0.15, 0.2) is 6.61 Å². The monoisotopic (exact) mass is 351 g/mol. The quantitative estimate of drug-likeness (QED) is 0.750. The summed E-state index contributed by atoms with van der Waals surface area (Å²) in [5.41, 5.74) is 6.82. The molecule has 2 rings (SSSR count). The molecule has 0 heterocycles. The average Bonchev–Trinajstić information content (AvgIpc) is 2.69. The molecule has 0 unspecified atom stereocenters. The molecule has 0 spiro atoms. The fourth-order valence-electron chi connectivity index (χ4n) is 2.21. The van der Waals surface area contributed by atoms with Crippen molar-refractivity contribution in [3.05, 3.63) is 65.2 Å². The van der Waals surface area contributed by atoms with Gasteiger partial charge in [0, 0.05) is 5.56 Å². The van der Waals surface area contributed by atoms with Crippen LogP contribution in [0, 0.1) is 11.3 Å². The third-order valence-corrected chi connectivity index (χ3v) is 3.70. The normalized spacial score (nSPS) is 9.85. The van der Waals surface area contributed by atoms with Crippen LogP contribution in [0.15, 0.2) is 48.5 Å². The molecule has 0 saturated heterocycles. The molecule has 2 aromatic carbocycles. The van der Waals surface area contributed by atoms with Gasteiger partial charge in [0.1, 0.15) is 5.75 Å².